The smallest absolute Gasteiger partial charge is 0.247 e. The molecule has 3 rings (SSSR count). The molecule has 0 spiro atoms. The topological polar surface area (TPSA) is 146 Å². The Hall–Kier alpha value is -3.43. The molecular weight excluding hydrogens is 434 g/mol. The third-order valence-corrected chi connectivity index (χ3v) is 6.07. The van der Waals surface area contributed by atoms with Crippen molar-refractivity contribution < 1.29 is 19.5 Å². The molecule has 2 aromatic rings. The average molecular weight is 468 g/mol. The number of hydrogen-bond acceptors (Lipinski definition) is 6. The van der Waals surface area contributed by atoms with Crippen LogP contribution in [0, 0.1) is 13.8 Å². The highest BCUT2D eigenvalue weighted by Crippen LogP contribution is 2.27. The molecule has 3 amide bonds. The molecule has 7 N–H and O–H groups in total. The van der Waals surface area contributed by atoms with E-state index in [0.717, 1.165) is 16.7 Å². The largest absolute Gasteiger partial charge is 0.506 e. The quantitative estimate of drug-likeness (QED) is 0.302. The highest BCUT2D eigenvalue weighted by molar-refractivity contribution is 5.99. The van der Waals surface area contributed by atoms with Crippen molar-refractivity contribution >= 4 is 23.4 Å². The van der Waals surface area contributed by atoms with Gasteiger partial charge in [0.2, 0.25) is 17.7 Å². The van der Waals surface area contributed by atoms with Crippen molar-refractivity contribution in [1.29, 1.82) is 0 Å². The zero-order valence-corrected chi connectivity index (χ0v) is 19.6. The molecule has 0 aromatic heterocycles. The number of phenolic OH excluding ortho intramolecular Hbond substituents is 1. The number of rotatable bonds is 9. The Balaban J connectivity index is 1.69. The molecule has 1 aliphatic rings. The van der Waals surface area contributed by atoms with Crippen molar-refractivity contribution in [3.8, 4) is 5.75 Å². The second kappa shape index (κ2) is 11.6. The molecule has 0 aliphatic carbocycles. The highest BCUT2D eigenvalue weighted by atomic mass is 16.3. The Morgan fingerprint density at radius 3 is 2.56 bits per heavy atom. The summed E-state index contributed by atoms with van der Waals surface area (Å²) in [6, 6.07) is 11.5. The number of amides is 3. The van der Waals surface area contributed by atoms with Crippen LogP contribution in [-0.2, 0) is 20.8 Å². The third-order valence-electron chi connectivity index (χ3n) is 6.07. The summed E-state index contributed by atoms with van der Waals surface area (Å²) < 4.78 is 0. The van der Waals surface area contributed by atoms with Gasteiger partial charge in [0, 0.05) is 12.6 Å². The van der Waals surface area contributed by atoms with E-state index in [1.165, 1.54) is 0 Å². The van der Waals surface area contributed by atoms with E-state index in [0.29, 0.717) is 31.5 Å². The molecule has 0 radical (unpaired) electrons. The first-order chi connectivity index (χ1) is 16.3. The van der Waals surface area contributed by atoms with Crippen molar-refractivity contribution in [2.24, 2.45) is 5.73 Å². The summed E-state index contributed by atoms with van der Waals surface area (Å²) in [7, 11) is 0. The molecule has 1 heterocycles. The van der Waals surface area contributed by atoms with Gasteiger partial charge in [0.1, 0.15) is 11.8 Å². The third kappa shape index (κ3) is 6.79. The van der Waals surface area contributed by atoms with Gasteiger partial charge in [-0.1, -0.05) is 30.3 Å². The summed E-state index contributed by atoms with van der Waals surface area (Å²) in [5, 5.41) is 21.7. The lowest BCUT2D eigenvalue weighted by Crippen LogP contribution is -2.50. The molecule has 2 aromatic carbocycles. The van der Waals surface area contributed by atoms with Gasteiger partial charge in [0.15, 0.2) is 0 Å². The van der Waals surface area contributed by atoms with E-state index >= 15 is 0 Å². The van der Waals surface area contributed by atoms with Crippen molar-refractivity contribution in [2.75, 3.05) is 18.4 Å². The normalized spacial score (nSPS) is 18.2. The van der Waals surface area contributed by atoms with Crippen LogP contribution in [0.4, 0.5) is 5.69 Å². The van der Waals surface area contributed by atoms with E-state index in [-0.39, 0.29) is 30.2 Å². The highest BCUT2D eigenvalue weighted by Gasteiger charge is 2.32. The number of carbonyl (C=O) groups is 3. The van der Waals surface area contributed by atoms with Gasteiger partial charge in [-0.05, 0) is 61.9 Å². The van der Waals surface area contributed by atoms with E-state index in [9.17, 15) is 19.5 Å². The Morgan fingerprint density at radius 1 is 1.15 bits per heavy atom. The van der Waals surface area contributed by atoms with Crippen molar-refractivity contribution in [1.82, 2.24) is 16.0 Å². The minimum absolute atomic E-state index is 0.0273. The second-order valence-electron chi connectivity index (χ2n) is 8.69. The SMILES string of the molecule is Cc1cc(O)c(NC(=O)C(CCc2ccccc2)NC(=O)[C@@H]2C[C@@H](NC(=O)CN)CN2)cc1C. The molecule has 9 heteroatoms. The number of benzene rings is 2. The molecule has 0 bridgehead atoms. The maximum Gasteiger partial charge on any atom is 0.247 e. The molecule has 9 nitrogen and oxygen atoms in total. The monoisotopic (exact) mass is 467 g/mol. The summed E-state index contributed by atoms with van der Waals surface area (Å²) in [5.41, 5.74) is 8.53. The number of anilines is 1. The molecule has 1 unspecified atom stereocenters. The molecule has 1 aliphatic heterocycles. The van der Waals surface area contributed by atoms with E-state index < -0.39 is 18.0 Å². The zero-order chi connectivity index (χ0) is 24.7. The number of aryl methyl sites for hydroxylation is 3. The molecule has 182 valence electrons. The van der Waals surface area contributed by atoms with Gasteiger partial charge in [-0.3, -0.25) is 14.4 Å². The predicted octanol–water partition coefficient (Wildman–Crippen LogP) is 0.871. The Labute approximate surface area is 199 Å². The molecular formula is C25H33N5O4. The van der Waals surface area contributed by atoms with E-state index in [4.69, 9.17) is 5.73 Å². The van der Waals surface area contributed by atoms with Crippen LogP contribution >= 0.6 is 0 Å². The second-order valence-corrected chi connectivity index (χ2v) is 8.69. The number of carbonyl (C=O) groups excluding carboxylic acids is 3. The number of nitrogens with two attached hydrogens (primary N) is 1. The molecule has 0 saturated carbocycles. The Bertz CT molecular complexity index is 1030. The fourth-order valence-corrected chi connectivity index (χ4v) is 3.95. The zero-order valence-electron chi connectivity index (χ0n) is 19.6. The van der Waals surface area contributed by atoms with Crippen LogP contribution in [0.3, 0.4) is 0 Å². The Morgan fingerprint density at radius 2 is 1.85 bits per heavy atom. The van der Waals surface area contributed by atoms with Crippen LogP contribution in [0.5, 0.6) is 5.75 Å². The van der Waals surface area contributed by atoms with Gasteiger partial charge in [0.25, 0.3) is 0 Å². The van der Waals surface area contributed by atoms with Crippen molar-refractivity contribution in [3.63, 3.8) is 0 Å². The molecule has 34 heavy (non-hydrogen) atoms. The molecule has 1 fully saturated rings. The van der Waals surface area contributed by atoms with Crippen LogP contribution in [0.1, 0.15) is 29.5 Å². The van der Waals surface area contributed by atoms with Crippen LogP contribution in [-0.4, -0.2) is 54.0 Å². The van der Waals surface area contributed by atoms with Crippen LogP contribution in [0.2, 0.25) is 0 Å². The predicted molar refractivity (Wildman–Crippen MR) is 130 cm³/mol. The Kier molecular flexibility index (Phi) is 8.61. The lowest BCUT2D eigenvalue weighted by Gasteiger charge is -2.21. The van der Waals surface area contributed by atoms with Gasteiger partial charge >= 0.3 is 0 Å². The maximum absolute atomic E-state index is 13.2. The van der Waals surface area contributed by atoms with Gasteiger partial charge in [-0.25, -0.2) is 0 Å². The standard InChI is InChI=1S/C25H33N5O4/c1-15-10-20(22(31)11-16(15)2)30-24(33)19(9-8-17-6-4-3-5-7-17)29-25(34)21-12-18(14-27-21)28-23(32)13-26/h3-7,10-11,18-19,21,27,31H,8-9,12-14,26H2,1-2H3,(H,28,32)(H,29,34)(H,30,33)/t18-,19?,21+/m1/s1. The number of aromatic hydroxyl groups is 1. The van der Waals surface area contributed by atoms with Crippen LogP contribution < -0.4 is 27.0 Å². The molecule has 1 saturated heterocycles. The minimum atomic E-state index is -0.812. The first-order valence-corrected chi connectivity index (χ1v) is 11.4. The first kappa shape index (κ1) is 25.2. The lowest BCUT2D eigenvalue weighted by molar-refractivity contribution is -0.127. The van der Waals surface area contributed by atoms with E-state index in [1.54, 1.807) is 12.1 Å². The lowest BCUT2D eigenvalue weighted by atomic mass is 10.0. The van der Waals surface area contributed by atoms with Crippen LogP contribution in [0.25, 0.3) is 0 Å². The summed E-state index contributed by atoms with van der Waals surface area (Å²) in [6.45, 7) is 4.10. The summed E-state index contributed by atoms with van der Waals surface area (Å²) in [4.78, 5) is 37.6. The van der Waals surface area contributed by atoms with Crippen LogP contribution in [0.15, 0.2) is 42.5 Å². The van der Waals surface area contributed by atoms with Gasteiger partial charge in [0.05, 0.1) is 18.3 Å². The van der Waals surface area contributed by atoms with Gasteiger partial charge in [-0.15, -0.1) is 0 Å². The number of nitrogens with one attached hydrogen (secondary N) is 4. The fraction of sp³-hybridized carbons (Fsp3) is 0.400. The van der Waals surface area contributed by atoms with E-state index in [1.807, 2.05) is 44.2 Å². The van der Waals surface area contributed by atoms with Gasteiger partial charge in [-0.2, -0.15) is 0 Å². The fourth-order valence-electron chi connectivity index (χ4n) is 3.95. The van der Waals surface area contributed by atoms with Crippen molar-refractivity contribution in [2.45, 2.75) is 51.2 Å². The maximum atomic E-state index is 13.2. The summed E-state index contributed by atoms with van der Waals surface area (Å²) in [6.07, 6.45) is 1.38. The van der Waals surface area contributed by atoms with Gasteiger partial charge < -0.3 is 32.1 Å². The first-order valence-electron chi connectivity index (χ1n) is 11.4. The summed E-state index contributed by atoms with van der Waals surface area (Å²) >= 11 is 0. The minimum Gasteiger partial charge on any atom is -0.506 e. The summed E-state index contributed by atoms with van der Waals surface area (Å²) in [5.74, 6) is -1.03. The average Bonchev–Trinajstić information content (AvgIpc) is 3.29. The molecule has 3 atom stereocenters. The van der Waals surface area contributed by atoms with E-state index in [2.05, 4.69) is 21.3 Å². The number of phenols is 1. The van der Waals surface area contributed by atoms with Crippen molar-refractivity contribution in [3.05, 3.63) is 59.2 Å². The number of hydrogen-bond donors (Lipinski definition) is 6.